The molecule has 0 radical (unpaired) electrons. The van der Waals surface area contributed by atoms with Crippen LogP contribution in [0.4, 0.5) is 0 Å². The summed E-state index contributed by atoms with van der Waals surface area (Å²) in [6.45, 7) is 5.60. The number of nitrogens with zero attached hydrogens (tertiary/aromatic N) is 1. The van der Waals surface area contributed by atoms with Gasteiger partial charge in [0.1, 0.15) is 10.6 Å². The summed E-state index contributed by atoms with van der Waals surface area (Å²) in [4.78, 5) is 28.8. The molecule has 0 fully saturated rings. The van der Waals surface area contributed by atoms with Crippen LogP contribution in [0.2, 0.25) is 0 Å². The highest BCUT2D eigenvalue weighted by Crippen LogP contribution is 2.18. The minimum atomic E-state index is -0.856. The number of aromatic nitrogens is 1. The predicted octanol–water partition coefficient (Wildman–Crippen LogP) is 2.67. The minimum absolute atomic E-state index is 0.319. The molecule has 2 aromatic rings. The third-order valence-corrected chi connectivity index (χ3v) is 4.67. The van der Waals surface area contributed by atoms with Gasteiger partial charge in [0.2, 0.25) is 0 Å². The van der Waals surface area contributed by atoms with E-state index >= 15 is 0 Å². The number of esters is 1. The molecule has 1 heterocycles. The van der Waals surface area contributed by atoms with Gasteiger partial charge in [-0.25, -0.2) is 9.78 Å². The number of carbonyl (C=O) groups excluding carboxylic acids is 2. The second-order valence-electron chi connectivity index (χ2n) is 5.58. The normalized spacial score (nSPS) is 11.7. The van der Waals surface area contributed by atoms with Crippen molar-refractivity contribution in [2.75, 3.05) is 13.7 Å². The Kier molecular flexibility index (Phi) is 6.52. The van der Waals surface area contributed by atoms with Crippen molar-refractivity contribution in [3.8, 4) is 5.75 Å². The van der Waals surface area contributed by atoms with Gasteiger partial charge in [0.05, 0.1) is 17.8 Å². The van der Waals surface area contributed by atoms with Gasteiger partial charge in [-0.1, -0.05) is 12.1 Å². The maximum absolute atomic E-state index is 12.1. The maximum Gasteiger partial charge on any atom is 0.351 e. The van der Waals surface area contributed by atoms with E-state index in [1.54, 1.807) is 21.0 Å². The molecule has 0 saturated carbocycles. The number of aryl methyl sites for hydroxylation is 2. The molecular formula is C18H22N2O4S. The van der Waals surface area contributed by atoms with Gasteiger partial charge in [0.25, 0.3) is 5.91 Å². The van der Waals surface area contributed by atoms with E-state index in [0.29, 0.717) is 23.5 Å². The Morgan fingerprint density at radius 1 is 1.24 bits per heavy atom. The number of ether oxygens (including phenoxy) is 2. The fourth-order valence-corrected chi connectivity index (χ4v) is 3.06. The highest BCUT2D eigenvalue weighted by atomic mass is 32.1. The average Bonchev–Trinajstić information content (AvgIpc) is 2.93. The van der Waals surface area contributed by atoms with Crippen molar-refractivity contribution in [3.05, 3.63) is 45.4 Å². The number of rotatable bonds is 7. The summed E-state index contributed by atoms with van der Waals surface area (Å²) in [5.74, 6) is -0.0384. The molecule has 25 heavy (non-hydrogen) atoms. The van der Waals surface area contributed by atoms with E-state index < -0.39 is 12.1 Å². The van der Waals surface area contributed by atoms with Gasteiger partial charge in [-0.3, -0.25) is 4.79 Å². The van der Waals surface area contributed by atoms with E-state index in [-0.39, 0.29) is 5.91 Å². The second-order valence-corrected chi connectivity index (χ2v) is 6.79. The van der Waals surface area contributed by atoms with Crippen LogP contribution in [0.15, 0.2) is 24.3 Å². The van der Waals surface area contributed by atoms with Gasteiger partial charge in [-0.05, 0) is 44.9 Å². The summed E-state index contributed by atoms with van der Waals surface area (Å²) in [6.07, 6.45) is -0.172. The van der Waals surface area contributed by atoms with Crippen molar-refractivity contribution >= 4 is 23.2 Å². The Bertz CT molecular complexity index is 740. The van der Waals surface area contributed by atoms with E-state index in [2.05, 4.69) is 10.3 Å². The molecular weight excluding hydrogens is 340 g/mol. The van der Waals surface area contributed by atoms with Crippen LogP contribution in [0.5, 0.6) is 5.75 Å². The number of nitrogens with one attached hydrogen (secondary N) is 1. The zero-order valence-corrected chi connectivity index (χ0v) is 15.6. The van der Waals surface area contributed by atoms with Crippen LogP contribution in [-0.4, -0.2) is 36.6 Å². The molecule has 0 saturated heterocycles. The molecule has 0 aliphatic carbocycles. The summed E-state index contributed by atoms with van der Waals surface area (Å²) in [6, 6.07) is 7.65. The lowest BCUT2D eigenvalue weighted by Gasteiger charge is -2.13. The summed E-state index contributed by atoms with van der Waals surface area (Å²) < 4.78 is 10.3. The van der Waals surface area contributed by atoms with Crippen LogP contribution in [-0.2, 0) is 16.0 Å². The molecule has 1 unspecified atom stereocenters. The van der Waals surface area contributed by atoms with E-state index in [1.165, 1.54) is 11.3 Å². The molecule has 1 amide bonds. The lowest BCUT2D eigenvalue weighted by atomic mass is 10.1. The molecule has 0 aliphatic rings. The fourth-order valence-electron chi connectivity index (χ4n) is 2.25. The molecule has 1 atom stereocenters. The average molecular weight is 362 g/mol. The molecule has 134 valence electrons. The van der Waals surface area contributed by atoms with E-state index in [0.717, 1.165) is 16.3 Å². The fraction of sp³-hybridized carbons (Fsp3) is 0.389. The first-order chi connectivity index (χ1) is 11.9. The highest BCUT2D eigenvalue weighted by molar-refractivity contribution is 7.13. The van der Waals surface area contributed by atoms with Crippen molar-refractivity contribution in [1.29, 1.82) is 0 Å². The number of methoxy groups -OCH3 is 1. The quantitative estimate of drug-likeness (QED) is 0.766. The van der Waals surface area contributed by atoms with Crippen molar-refractivity contribution < 1.29 is 19.1 Å². The first-order valence-corrected chi connectivity index (χ1v) is 8.78. The van der Waals surface area contributed by atoms with Gasteiger partial charge in [0, 0.05) is 6.54 Å². The molecule has 1 N–H and O–H groups in total. The molecule has 0 bridgehead atoms. The lowest BCUT2D eigenvalue weighted by molar-refractivity contribution is -0.129. The van der Waals surface area contributed by atoms with Crippen LogP contribution in [0.25, 0.3) is 0 Å². The van der Waals surface area contributed by atoms with Crippen molar-refractivity contribution in [1.82, 2.24) is 10.3 Å². The van der Waals surface area contributed by atoms with Gasteiger partial charge in [-0.15, -0.1) is 11.3 Å². The van der Waals surface area contributed by atoms with Crippen LogP contribution < -0.4 is 10.1 Å². The monoisotopic (exact) mass is 362 g/mol. The summed E-state index contributed by atoms with van der Waals surface area (Å²) >= 11 is 1.27. The van der Waals surface area contributed by atoms with Crippen LogP contribution >= 0.6 is 11.3 Å². The molecule has 6 nitrogen and oxygen atoms in total. The Morgan fingerprint density at radius 3 is 2.48 bits per heavy atom. The first-order valence-electron chi connectivity index (χ1n) is 7.96. The lowest BCUT2D eigenvalue weighted by Crippen LogP contribution is -2.36. The van der Waals surface area contributed by atoms with E-state index in [4.69, 9.17) is 9.47 Å². The molecule has 1 aromatic heterocycles. The summed E-state index contributed by atoms with van der Waals surface area (Å²) in [5.41, 5.74) is 1.71. The number of carbonyl (C=O) groups is 2. The largest absolute Gasteiger partial charge is 0.497 e. The third kappa shape index (κ3) is 5.29. The smallest absolute Gasteiger partial charge is 0.351 e. The number of thiazole rings is 1. The molecule has 2 rings (SSSR count). The first kappa shape index (κ1) is 18.9. The van der Waals surface area contributed by atoms with Crippen molar-refractivity contribution in [3.63, 3.8) is 0 Å². The van der Waals surface area contributed by atoms with E-state index in [1.807, 2.05) is 31.2 Å². The Morgan fingerprint density at radius 2 is 1.92 bits per heavy atom. The molecule has 7 heteroatoms. The Labute approximate surface area is 151 Å². The number of benzene rings is 1. The zero-order valence-electron chi connectivity index (χ0n) is 14.8. The SMILES string of the molecule is COc1ccc(CCNC(=O)C(C)OC(=O)c2sc(C)nc2C)cc1. The summed E-state index contributed by atoms with van der Waals surface area (Å²) in [7, 11) is 1.62. The topological polar surface area (TPSA) is 77.5 Å². The molecule has 0 aliphatic heterocycles. The Hall–Kier alpha value is -2.41. The van der Waals surface area contributed by atoms with Gasteiger partial charge < -0.3 is 14.8 Å². The van der Waals surface area contributed by atoms with Gasteiger partial charge in [0.15, 0.2) is 6.10 Å². The predicted molar refractivity (Wildman–Crippen MR) is 96.2 cm³/mol. The van der Waals surface area contributed by atoms with Crippen LogP contribution in [0.3, 0.4) is 0 Å². The van der Waals surface area contributed by atoms with Gasteiger partial charge in [-0.2, -0.15) is 0 Å². The minimum Gasteiger partial charge on any atom is -0.497 e. The summed E-state index contributed by atoms with van der Waals surface area (Å²) in [5, 5.41) is 3.57. The van der Waals surface area contributed by atoms with Crippen molar-refractivity contribution in [2.24, 2.45) is 0 Å². The van der Waals surface area contributed by atoms with Crippen LogP contribution in [0, 0.1) is 13.8 Å². The molecule has 0 spiro atoms. The highest BCUT2D eigenvalue weighted by Gasteiger charge is 2.21. The van der Waals surface area contributed by atoms with Gasteiger partial charge >= 0.3 is 5.97 Å². The standard InChI is InChI=1S/C18H22N2O4S/c1-11-16(25-13(3)20-11)18(22)24-12(2)17(21)19-10-9-14-5-7-15(23-4)8-6-14/h5-8,12H,9-10H2,1-4H3,(H,19,21). The molecule has 1 aromatic carbocycles. The Balaban J connectivity index is 1.79. The second kappa shape index (κ2) is 8.62. The third-order valence-electron chi connectivity index (χ3n) is 3.61. The maximum atomic E-state index is 12.1. The number of hydrogen-bond donors (Lipinski definition) is 1. The van der Waals surface area contributed by atoms with Crippen LogP contribution in [0.1, 0.15) is 32.9 Å². The van der Waals surface area contributed by atoms with E-state index in [9.17, 15) is 9.59 Å². The van der Waals surface area contributed by atoms with Crippen molar-refractivity contribution in [2.45, 2.75) is 33.3 Å². The number of amides is 1. The number of hydrogen-bond acceptors (Lipinski definition) is 6. The zero-order chi connectivity index (χ0) is 18.4.